The van der Waals surface area contributed by atoms with Gasteiger partial charge in [-0.3, -0.25) is 14.4 Å². The molecule has 0 saturated carbocycles. The summed E-state index contributed by atoms with van der Waals surface area (Å²) in [5.41, 5.74) is 7.71. The van der Waals surface area contributed by atoms with Crippen LogP contribution < -0.4 is 31.7 Å². The van der Waals surface area contributed by atoms with Crippen molar-refractivity contribution in [2.45, 2.75) is 51.2 Å². The summed E-state index contributed by atoms with van der Waals surface area (Å²) in [6.45, 7) is 4.79. The summed E-state index contributed by atoms with van der Waals surface area (Å²) in [6, 6.07) is 12.7. The van der Waals surface area contributed by atoms with Crippen LogP contribution in [0.3, 0.4) is 0 Å². The number of ether oxygens (including phenoxy) is 1. The Balaban J connectivity index is 1.84. The molecule has 9 nitrogen and oxygen atoms in total. The summed E-state index contributed by atoms with van der Waals surface area (Å²) in [6.07, 6.45) is 1.77. The van der Waals surface area contributed by atoms with Crippen LogP contribution in [0.1, 0.15) is 31.4 Å². The van der Waals surface area contributed by atoms with Gasteiger partial charge in [0.2, 0.25) is 17.7 Å². The second-order valence-corrected chi connectivity index (χ2v) is 10.2. The first-order valence-corrected chi connectivity index (χ1v) is 13.4. The number of amides is 3. The Morgan fingerprint density at radius 3 is 2.50 bits per heavy atom. The molecule has 0 fully saturated rings. The SMILES string of the molecule is CC(C)[C@H]1NC(=O)[C@@H](Cc2cccc(Cl)c2)NCCOc2ccccc2CCCNC(=O)[C@H](CN)NC1=O. The fraction of sp³-hybridized carbons (Fsp3) is 0.464. The summed E-state index contributed by atoms with van der Waals surface area (Å²) in [5.74, 6) is -0.615. The van der Waals surface area contributed by atoms with Gasteiger partial charge in [0.05, 0.1) is 6.04 Å². The molecule has 0 radical (unpaired) electrons. The van der Waals surface area contributed by atoms with Crippen molar-refractivity contribution < 1.29 is 19.1 Å². The number of nitrogens with two attached hydrogens (primary N) is 1. The Morgan fingerprint density at radius 2 is 1.76 bits per heavy atom. The Hall–Kier alpha value is -3.14. The lowest BCUT2D eigenvalue weighted by molar-refractivity contribution is -0.133. The van der Waals surface area contributed by atoms with Crippen LogP contribution in [-0.2, 0) is 27.2 Å². The Kier molecular flexibility index (Phi) is 11.4. The van der Waals surface area contributed by atoms with Gasteiger partial charge in [0.1, 0.15) is 24.4 Å². The van der Waals surface area contributed by atoms with E-state index < -0.39 is 24.0 Å². The van der Waals surface area contributed by atoms with E-state index >= 15 is 0 Å². The highest BCUT2D eigenvalue weighted by Gasteiger charge is 2.30. The summed E-state index contributed by atoms with van der Waals surface area (Å²) in [4.78, 5) is 39.3. The van der Waals surface area contributed by atoms with Crippen molar-refractivity contribution in [2.24, 2.45) is 11.7 Å². The number of hydrogen-bond acceptors (Lipinski definition) is 6. The van der Waals surface area contributed by atoms with E-state index in [0.717, 1.165) is 16.9 Å². The van der Waals surface area contributed by atoms with E-state index in [9.17, 15) is 14.4 Å². The number of fused-ring (bicyclic) bond motifs is 1. The molecule has 1 aliphatic heterocycles. The van der Waals surface area contributed by atoms with Crippen LogP contribution in [0.4, 0.5) is 0 Å². The predicted molar refractivity (Wildman–Crippen MR) is 148 cm³/mol. The molecule has 0 bridgehead atoms. The molecule has 38 heavy (non-hydrogen) atoms. The molecule has 3 rings (SSSR count). The Morgan fingerprint density at radius 1 is 0.974 bits per heavy atom. The lowest BCUT2D eigenvalue weighted by atomic mass is 10.0. The first-order valence-electron chi connectivity index (χ1n) is 13.1. The number of para-hydroxylation sites is 1. The first kappa shape index (κ1) is 29.4. The number of carbonyl (C=O) groups is 3. The number of aryl methyl sites for hydroxylation is 1. The fourth-order valence-electron chi connectivity index (χ4n) is 4.30. The van der Waals surface area contributed by atoms with E-state index in [4.69, 9.17) is 22.1 Å². The summed E-state index contributed by atoms with van der Waals surface area (Å²) in [7, 11) is 0. The topological polar surface area (TPSA) is 135 Å². The van der Waals surface area contributed by atoms with Crippen molar-refractivity contribution in [3.8, 4) is 5.75 Å². The van der Waals surface area contributed by atoms with Crippen LogP contribution in [0.15, 0.2) is 48.5 Å². The highest BCUT2D eigenvalue weighted by molar-refractivity contribution is 6.30. The van der Waals surface area contributed by atoms with Crippen molar-refractivity contribution in [3.63, 3.8) is 0 Å². The van der Waals surface area contributed by atoms with Gasteiger partial charge in [-0.25, -0.2) is 0 Å². The Bertz CT molecular complexity index is 1100. The van der Waals surface area contributed by atoms with Crippen molar-refractivity contribution in [3.05, 3.63) is 64.7 Å². The van der Waals surface area contributed by atoms with Crippen molar-refractivity contribution in [1.82, 2.24) is 21.3 Å². The van der Waals surface area contributed by atoms with Crippen molar-refractivity contribution >= 4 is 29.3 Å². The molecule has 0 spiro atoms. The molecule has 0 aromatic heterocycles. The molecule has 2 aromatic rings. The van der Waals surface area contributed by atoms with Gasteiger partial charge >= 0.3 is 0 Å². The molecule has 3 atom stereocenters. The van der Waals surface area contributed by atoms with Gasteiger partial charge in [0.25, 0.3) is 0 Å². The number of hydrogen-bond donors (Lipinski definition) is 5. The average molecular weight is 544 g/mol. The van der Waals surface area contributed by atoms with Crippen LogP contribution in [0, 0.1) is 5.92 Å². The first-order chi connectivity index (χ1) is 18.3. The maximum atomic E-state index is 13.4. The predicted octanol–water partition coefficient (Wildman–Crippen LogP) is 1.57. The van der Waals surface area contributed by atoms with Gasteiger partial charge in [0, 0.05) is 24.7 Å². The Labute approximate surface area is 229 Å². The van der Waals surface area contributed by atoms with Gasteiger partial charge < -0.3 is 31.7 Å². The molecule has 10 heteroatoms. The number of benzene rings is 2. The van der Waals surface area contributed by atoms with Gasteiger partial charge in [-0.15, -0.1) is 0 Å². The summed E-state index contributed by atoms with van der Waals surface area (Å²) in [5, 5.41) is 12.3. The monoisotopic (exact) mass is 543 g/mol. The van der Waals surface area contributed by atoms with E-state index in [1.54, 1.807) is 6.07 Å². The van der Waals surface area contributed by atoms with Crippen LogP contribution in [0.2, 0.25) is 5.02 Å². The van der Waals surface area contributed by atoms with Crippen LogP contribution in [0.5, 0.6) is 5.75 Å². The number of nitrogens with one attached hydrogen (secondary N) is 4. The molecular formula is C28H38ClN5O4. The van der Waals surface area contributed by atoms with Gasteiger partial charge in [0.15, 0.2) is 0 Å². The minimum atomic E-state index is -0.907. The summed E-state index contributed by atoms with van der Waals surface area (Å²) < 4.78 is 6.03. The normalized spacial score (nSPS) is 22.2. The molecule has 0 aliphatic carbocycles. The lowest BCUT2D eigenvalue weighted by Gasteiger charge is -2.27. The third-order valence-electron chi connectivity index (χ3n) is 6.41. The zero-order valence-electron chi connectivity index (χ0n) is 22.0. The largest absolute Gasteiger partial charge is 0.492 e. The second-order valence-electron chi connectivity index (χ2n) is 9.72. The molecule has 0 saturated heterocycles. The number of carbonyl (C=O) groups excluding carboxylic acids is 3. The molecule has 1 heterocycles. The van der Waals surface area contributed by atoms with Crippen LogP contribution in [-0.4, -0.2) is 62.1 Å². The average Bonchev–Trinajstić information content (AvgIpc) is 2.89. The van der Waals surface area contributed by atoms with Crippen LogP contribution in [0.25, 0.3) is 0 Å². The maximum Gasteiger partial charge on any atom is 0.243 e. The lowest BCUT2D eigenvalue weighted by Crippen LogP contribution is -2.59. The van der Waals surface area contributed by atoms with E-state index in [0.29, 0.717) is 44.0 Å². The molecule has 206 valence electrons. The highest BCUT2D eigenvalue weighted by Crippen LogP contribution is 2.19. The quantitative estimate of drug-likeness (QED) is 0.397. The third kappa shape index (κ3) is 8.72. The molecule has 2 aromatic carbocycles. The van der Waals surface area contributed by atoms with Crippen molar-refractivity contribution in [1.29, 1.82) is 0 Å². The minimum Gasteiger partial charge on any atom is -0.492 e. The third-order valence-corrected chi connectivity index (χ3v) is 6.64. The highest BCUT2D eigenvalue weighted by atomic mass is 35.5. The van der Waals surface area contributed by atoms with E-state index in [1.807, 2.05) is 56.3 Å². The summed E-state index contributed by atoms with van der Waals surface area (Å²) >= 11 is 6.17. The smallest absolute Gasteiger partial charge is 0.243 e. The number of rotatable bonds is 4. The van der Waals surface area contributed by atoms with E-state index in [-0.39, 0.29) is 24.3 Å². The molecule has 6 N–H and O–H groups in total. The van der Waals surface area contributed by atoms with Crippen molar-refractivity contribution in [2.75, 3.05) is 26.2 Å². The zero-order chi connectivity index (χ0) is 27.5. The van der Waals surface area contributed by atoms with E-state index in [1.165, 1.54) is 0 Å². The van der Waals surface area contributed by atoms with Gasteiger partial charge in [-0.05, 0) is 54.5 Å². The van der Waals surface area contributed by atoms with E-state index in [2.05, 4.69) is 21.3 Å². The zero-order valence-corrected chi connectivity index (χ0v) is 22.7. The molecule has 1 aliphatic rings. The maximum absolute atomic E-state index is 13.4. The molecule has 0 unspecified atom stereocenters. The van der Waals surface area contributed by atoms with Crippen LogP contribution >= 0.6 is 11.6 Å². The fourth-order valence-corrected chi connectivity index (χ4v) is 4.51. The standard InChI is InChI=1S/C28H38ClN5O4/c1-18(2)25-28(37)33-23(17-30)26(35)32-12-6-9-20-8-3-4-11-24(20)38-14-13-31-22(27(36)34-25)16-19-7-5-10-21(29)15-19/h3-5,7-8,10-11,15,18,22-23,25,31H,6,9,12-14,16-17,30H2,1-2H3,(H,32,35)(H,33,37)(H,34,36)/t22-,23+,25-/m1/s1. The molecular weight excluding hydrogens is 506 g/mol. The second kappa shape index (κ2) is 14.7. The number of halogens is 1. The molecule has 3 amide bonds. The van der Waals surface area contributed by atoms with Gasteiger partial charge in [-0.1, -0.05) is 55.8 Å². The minimum absolute atomic E-state index is 0.0635. The van der Waals surface area contributed by atoms with Gasteiger partial charge in [-0.2, -0.15) is 0 Å².